The average molecular weight is 263 g/mol. The zero-order valence-electron chi connectivity index (χ0n) is 11.5. The Morgan fingerprint density at radius 3 is 2.15 bits per heavy atom. The normalized spacial score (nSPS) is 10.6. The summed E-state index contributed by atoms with van der Waals surface area (Å²) in [6.07, 6.45) is 7.53. The Morgan fingerprint density at radius 1 is 0.800 bits per heavy atom. The van der Waals surface area contributed by atoms with Crippen LogP contribution in [0.1, 0.15) is 11.1 Å². The van der Waals surface area contributed by atoms with Crippen molar-refractivity contribution in [2.24, 2.45) is 0 Å². The molecule has 100 valence electrons. The molecule has 0 saturated heterocycles. The third-order valence-electron chi connectivity index (χ3n) is 3.46. The van der Waals surface area contributed by atoms with Gasteiger partial charge in [-0.05, 0) is 11.1 Å². The van der Waals surface area contributed by atoms with Gasteiger partial charge >= 0.3 is 0 Å². The predicted octanol–water partition coefficient (Wildman–Crippen LogP) is 3.07. The van der Waals surface area contributed by atoms with Crippen LogP contribution in [0, 0.1) is 0 Å². The van der Waals surface area contributed by atoms with Crippen LogP contribution >= 0.6 is 0 Å². The SMILES string of the molecule is c1ccc(CCn2cc[n+](Cc3ccccc3)c2)cc1. The maximum absolute atomic E-state index is 2.25. The van der Waals surface area contributed by atoms with Gasteiger partial charge in [-0.3, -0.25) is 0 Å². The lowest BCUT2D eigenvalue weighted by Gasteiger charge is -1.98. The van der Waals surface area contributed by atoms with Crippen molar-refractivity contribution in [1.29, 1.82) is 0 Å². The molecule has 0 radical (unpaired) electrons. The molecule has 0 amide bonds. The lowest BCUT2D eigenvalue weighted by Crippen LogP contribution is -2.31. The Morgan fingerprint density at radius 2 is 1.45 bits per heavy atom. The molecule has 0 aliphatic heterocycles. The van der Waals surface area contributed by atoms with E-state index in [1.807, 2.05) is 0 Å². The second kappa shape index (κ2) is 6.20. The van der Waals surface area contributed by atoms with Crippen LogP contribution in [0.25, 0.3) is 0 Å². The van der Waals surface area contributed by atoms with Gasteiger partial charge in [-0.25, -0.2) is 9.13 Å². The van der Waals surface area contributed by atoms with Gasteiger partial charge in [-0.1, -0.05) is 60.7 Å². The van der Waals surface area contributed by atoms with E-state index in [1.54, 1.807) is 0 Å². The van der Waals surface area contributed by atoms with Crippen LogP contribution in [-0.2, 0) is 19.5 Å². The number of imidazole rings is 1. The van der Waals surface area contributed by atoms with Gasteiger partial charge in [-0.15, -0.1) is 0 Å². The molecule has 2 heteroatoms. The molecule has 0 fully saturated rings. The van der Waals surface area contributed by atoms with E-state index in [0.29, 0.717) is 0 Å². The van der Waals surface area contributed by atoms with Gasteiger partial charge in [-0.2, -0.15) is 0 Å². The first-order valence-electron chi connectivity index (χ1n) is 7.03. The molecule has 1 aromatic heterocycles. The van der Waals surface area contributed by atoms with Gasteiger partial charge in [0.1, 0.15) is 18.9 Å². The van der Waals surface area contributed by atoms with E-state index in [9.17, 15) is 0 Å². The van der Waals surface area contributed by atoms with Crippen LogP contribution in [0.15, 0.2) is 79.4 Å². The minimum absolute atomic E-state index is 0.930. The number of hydrogen-bond acceptors (Lipinski definition) is 0. The number of nitrogens with zero attached hydrogens (tertiary/aromatic N) is 2. The second-order valence-electron chi connectivity index (χ2n) is 5.04. The van der Waals surface area contributed by atoms with Crippen molar-refractivity contribution >= 4 is 0 Å². The number of aromatic nitrogens is 2. The van der Waals surface area contributed by atoms with Crippen molar-refractivity contribution < 1.29 is 4.57 Å². The van der Waals surface area contributed by atoms with Gasteiger partial charge in [0.15, 0.2) is 0 Å². The minimum Gasteiger partial charge on any atom is -0.236 e. The fraction of sp³-hybridized carbons (Fsp3) is 0.167. The summed E-state index contributed by atoms with van der Waals surface area (Å²) in [7, 11) is 0. The Bertz CT molecular complexity index is 641. The smallest absolute Gasteiger partial charge is 0.236 e. The van der Waals surface area contributed by atoms with Crippen LogP contribution < -0.4 is 4.57 Å². The van der Waals surface area contributed by atoms with E-state index in [2.05, 4.69) is 88.5 Å². The highest BCUT2D eigenvalue weighted by Gasteiger charge is 2.04. The molecule has 0 atom stereocenters. The molecule has 3 aromatic rings. The average Bonchev–Trinajstić information content (AvgIpc) is 2.95. The largest absolute Gasteiger partial charge is 0.244 e. The predicted molar refractivity (Wildman–Crippen MR) is 80.3 cm³/mol. The molecule has 0 aliphatic rings. The summed E-state index contributed by atoms with van der Waals surface area (Å²) < 4.78 is 4.47. The molecular formula is C18H19N2+. The first-order valence-corrected chi connectivity index (χ1v) is 7.03. The zero-order valence-corrected chi connectivity index (χ0v) is 11.5. The minimum atomic E-state index is 0.930. The highest BCUT2D eigenvalue weighted by molar-refractivity contribution is 5.14. The van der Waals surface area contributed by atoms with Crippen molar-refractivity contribution in [3.05, 3.63) is 90.5 Å². The molecule has 0 spiro atoms. The lowest BCUT2D eigenvalue weighted by atomic mass is 10.1. The van der Waals surface area contributed by atoms with Crippen molar-refractivity contribution in [1.82, 2.24) is 4.57 Å². The number of benzene rings is 2. The standard InChI is InChI=1S/C18H19N2/c1-3-7-17(8-4-1)11-12-19-13-14-20(16-19)15-18-9-5-2-6-10-18/h1-10,13-14,16H,11-12,15H2/q+1. The molecule has 0 aliphatic carbocycles. The summed E-state index contributed by atoms with van der Waals surface area (Å²) >= 11 is 0. The van der Waals surface area contributed by atoms with E-state index in [0.717, 1.165) is 19.5 Å². The molecule has 0 saturated carbocycles. The third kappa shape index (κ3) is 3.35. The van der Waals surface area contributed by atoms with E-state index in [4.69, 9.17) is 0 Å². The second-order valence-corrected chi connectivity index (χ2v) is 5.04. The van der Waals surface area contributed by atoms with Crippen LogP contribution in [0.5, 0.6) is 0 Å². The van der Waals surface area contributed by atoms with Crippen molar-refractivity contribution in [2.45, 2.75) is 19.5 Å². The summed E-state index contributed by atoms with van der Waals surface area (Å²) in [4.78, 5) is 0. The molecule has 1 heterocycles. The molecule has 0 unspecified atom stereocenters. The third-order valence-corrected chi connectivity index (χ3v) is 3.46. The van der Waals surface area contributed by atoms with Gasteiger partial charge in [0.05, 0.1) is 6.54 Å². The number of aryl methyl sites for hydroxylation is 2. The summed E-state index contributed by atoms with van der Waals surface area (Å²) in [5, 5.41) is 0. The molecule has 0 bridgehead atoms. The van der Waals surface area contributed by atoms with E-state index < -0.39 is 0 Å². The van der Waals surface area contributed by atoms with Gasteiger partial charge in [0.25, 0.3) is 0 Å². The van der Waals surface area contributed by atoms with Crippen LogP contribution in [0.4, 0.5) is 0 Å². The molecule has 2 nitrogen and oxygen atoms in total. The maximum atomic E-state index is 2.25. The molecular weight excluding hydrogens is 244 g/mol. The number of hydrogen-bond donors (Lipinski definition) is 0. The summed E-state index contributed by atoms with van der Waals surface area (Å²) in [5.74, 6) is 0. The van der Waals surface area contributed by atoms with Crippen molar-refractivity contribution in [3.8, 4) is 0 Å². The fourth-order valence-corrected chi connectivity index (χ4v) is 2.36. The van der Waals surface area contributed by atoms with Gasteiger partial charge in [0, 0.05) is 6.42 Å². The van der Waals surface area contributed by atoms with Gasteiger partial charge in [0.2, 0.25) is 6.33 Å². The molecule has 0 N–H and O–H groups in total. The fourth-order valence-electron chi connectivity index (χ4n) is 2.36. The molecule has 20 heavy (non-hydrogen) atoms. The zero-order chi connectivity index (χ0) is 13.6. The Labute approximate surface area is 119 Å². The van der Waals surface area contributed by atoms with Crippen LogP contribution in [0.3, 0.4) is 0 Å². The van der Waals surface area contributed by atoms with Gasteiger partial charge < -0.3 is 0 Å². The summed E-state index contributed by atoms with van der Waals surface area (Å²) in [5.41, 5.74) is 2.72. The lowest BCUT2D eigenvalue weighted by molar-refractivity contribution is -0.687. The monoisotopic (exact) mass is 263 g/mol. The highest BCUT2D eigenvalue weighted by atomic mass is 15.1. The first-order chi connectivity index (χ1) is 9.90. The van der Waals surface area contributed by atoms with Crippen molar-refractivity contribution in [2.75, 3.05) is 0 Å². The molecule has 2 aromatic carbocycles. The summed E-state index contributed by atoms with van der Waals surface area (Å²) in [6.45, 7) is 1.95. The van der Waals surface area contributed by atoms with Crippen LogP contribution in [-0.4, -0.2) is 4.57 Å². The Hall–Kier alpha value is -2.35. The Kier molecular flexibility index (Phi) is 3.93. The first kappa shape index (κ1) is 12.7. The van der Waals surface area contributed by atoms with E-state index in [-0.39, 0.29) is 0 Å². The Balaban J connectivity index is 1.60. The highest BCUT2D eigenvalue weighted by Crippen LogP contribution is 2.02. The molecule has 3 rings (SSSR count). The van der Waals surface area contributed by atoms with E-state index in [1.165, 1.54) is 11.1 Å². The van der Waals surface area contributed by atoms with E-state index >= 15 is 0 Å². The van der Waals surface area contributed by atoms with Crippen LogP contribution in [0.2, 0.25) is 0 Å². The quantitative estimate of drug-likeness (QED) is 0.626. The number of rotatable bonds is 5. The summed E-state index contributed by atoms with van der Waals surface area (Å²) in [6, 6.07) is 21.2. The maximum Gasteiger partial charge on any atom is 0.244 e. The topological polar surface area (TPSA) is 8.81 Å². The van der Waals surface area contributed by atoms with Crippen molar-refractivity contribution in [3.63, 3.8) is 0 Å².